The van der Waals surface area contributed by atoms with Gasteiger partial charge in [-0.25, -0.2) is 0 Å². The third kappa shape index (κ3) is 5.53. The summed E-state index contributed by atoms with van der Waals surface area (Å²) in [4.78, 5) is 13.2. The molecule has 0 fully saturated rings. The minimum absolute atomic E-state index is 0.144. The van der Waals surface area contributed by atoms with E-state index >= 15 is 0 Å². The number of anilines is 1. The monoisotopic (exact) mass is 383 g/mol. The van der Waals surface area contributed by atoms with E-state index in [1.165, 1.54) is 0 Å². The van der Waals surface area contributed by atoms with Crippen molar-refractivity contribution in [2.45, 2.75) is 6.54 Å². The summed E-state index contributed by atoms with van der Waals surface area (Å²) in [6, 6.07) is 10.6. The van der Waals surface area contributed by atoms with E-state index in [2.05, 4.69) is 5.32 Å². The average molecular weight is 384 g/mol. The SMILES string of the molecule is COc1ccc(C[NH+](C)CC(=O)Nc2cc(Cl)ccc2Cl)c(OC)c1. The van der Waals surface area contributed by atoms with Gasteiger partial charge in [-0.2, -0.15) is 0 Å². The second-order valence-corrected chi connectivity index (χ2v) is 6.50. The molecular weight excluding hydrogens is 363 g/mol. The molecule has 0 saturated carbocycles. The molecule has 1 atom stereocenters. The number of ether oxygens (including phenoxy) is 2. The van der Waals surface area contributed by atoms with Crippen molar-refractivity contribution in [2.24, 2.45) is 0 Å². The first kappa shape index (κ1) is 19.4. The largest absolute Gasteiger partial charge is 0.497 e. The molecular formula is C18H21Cl2N2O3+. The maximum Gasteiger partial charge on any atom is 0.279 e. The van der Waals surface area contributed by atoms with E-state index in [-0.39, 0.29) is 12.5 Å². The van der Waals surface area contributed by atoms with Gasteiger partial charge in [-0.05, 0) is 30.3 Å². The van der Waals surface area contributed by atoms with Crippen molar-refractivity contribution in [2.75, 3.05) is 33.1 Å². The molecule has 134 valence electrons. The molecule has 2 N–H and O–H groups in total. The van der Waals surface area contributed by atoms with Gasteiger partial charge in [-0.15, -0.1) is 0 Å². The van der Waals surface area contributed by atoms with Crippen LogP contribution in [0.5, 0.6) is 11.5 Å². The van der Waals surface area contributed by atoms with E-state index in [0.717, 1.165) is 22.0 Å². The van der Waals surface area contributed by atoms with Crippen LogP contribution in [0.25, 0.3) is 0 Å². The van der Waals surface area contributed by atoms with Crippen LogP contribution in [0.1, 0.15) is 5.56 Å². The Morgan fingerprint density at radius 2 is 1.88 bits per heavy atom. The lowest BCUT2D eigenvalue weighted by atomic mass is 10.2. The Labute approximate surface area is 157 Å². The lowest BCUT2D eigenvalue weighted by Gasteiger charge is -2.16. The Morgan fingerprint density at radius 3 is 2.56 bits per heavy atom. The summed E-state index contributed by atoms with van der Waals surface area (Å²) in [7, 11) is 5.15. The zero-order chi connectivity index (χ0) is 18.4. The van der Waals surface area contributed by atoms with E-state index in [9.17, 15) is 4.79 Å². The minimum atomic E-state index is -0.144. The first-order valence-electron chi connectivity index (χ1n) is 7.70. The number of nitrogens with one attached hydrogen (secondary N) is 2. The van der Waals surface area contributed by atoms with Gasteiger partial charge in [0, 0.05) is 16.7 Å². The Bertz CT molecular complexity index is 753. The van der Waals surface area contributed by atoms with Gasteiger partial charge in [0.2, 0.25) is 0 Å². The van der Waals surface area contributed by atoms with Gasteiger partial charge in [0.1, 0.15) is 18.0 Å². The summed E-state index contributed by atoms with van der Waals surface area (Å²) in [5, 5.41) is 3.76. The van der Waals surface area contributed by atoms with Crippen molar-refractivity contribution in [1.82, 2.24) is 0 Å². The third-order valence-electron chi connectivity index (χ3n) is 3.65. The molecule has 25 heavy (non-hydrogen) atoms. The molecule has 5 nitrogen and oxygen atoms in total. The highest BCUT2D eigenvalue weighted by Gasteiger charge is 2.15. The second kappa shape index (κ2) is 8.94. The molecule has 0 spiro atoms. The number of hydrogen-bond acceptors (Lipinski definition) is 3. The standard InChI is InChI=1S/C18H20Cl2N2O3/c1-22(10-12-4-6-14(24-2)9-17(12)25-3)11-18(23)21-16-8-13(19)5-7-15(16)20/h4-9H,10-11H2,1-3H3,(H,21,23)/p+1. The van der Waals surface area contributed by atoms with E-state index in [0.29, 0.717) is 22.3 Å². The fourth-order valence-corrected chi connectivity index (χ4v) is 2.78. The van der Waals surface area contributed by atoms with Crippen molar-refractivity contribution in [1.29, 1.82) is 0 Å². The number of quaternary nitrogens is 1. The molecule has 2 aromatic rings. The maximum atomic E-state index is 12.2. The number of benzene rings is 2. The van der Waals surface area contributed by atoms with Gasteiger partial charge < -0.3 is 19.7 Å². The van der Waals surface area contributed by atoms with Crippen LogP contribution < -0.4 is 19.7 Å². The molecule has 0 heterocycles. The number of likely N-dealkylation sites (N-methyl/N-ethyl adjacent to an activating group) is 1. The number of carbonyl (C=O) groups excluding carboxylic acids is 1. The fourth-order valence-electron chi connectivity index (χ4n) is 2.45. The first-order chi connectivity index (χ1) is 11.9. The minimum Gasteiger partial charge on any atom is -0.497 e. The summed E-state index contributed by atoms with van der Waals surface area (Å²) < 4.78 is 10.6. The highest BCUT2D eigenvalue weighted by atomic mass is 35.5. The molecule has 2 aromatic carbocycles. The fraction of sp³-hybridized carbons (Fsp3) is 0.278. The molecule has 1 unspecified atom stereocenters. The van der Waals surface area contributed by atoms with Gasteiger partial charge in [-0.3, -0.25) is 4.79 Å². The summed E-state index contributed by atoms with van der Waals surface area (Å²) in [5.41, 5.74) is 1.50. The van der Waals surface area contributed by atoms with Crippen LogP contribution in [0, 0.1) is 0 Å². The molecule has 7 heteroatoms. The van der Waals surface area contributed by atoms with Gasteiger partial charge in [0.25, 0.3) is 5.91 Å². The molecule has 2 rings (SSSR count). The van der Waals surface area contributed by atoms with Gasteiger partial charge in [0.05, 0.1) is 32.0 Å². The summed E-state index contributed by atoms with van der Waals surface area (Å²) in [5.74, 6) is 1.32. The Hall–Kier alpha value is -1.95. The smallest absolute Gasteiger partial charge is 0.279 e. The van der Waals surface area contributed by atoms with E-state index in [4.69, 9.17) is 32.7 Å². The normalized spacial score (nSPS) is 11.7. The topological polar surface area (TPSA) is 52.0 Å². The lowest BCUT2D eigenvalue weighted by Crippen LogP contribution is -3.08. The highest BCUT2D eigenvalue weighted by molar-refractivity contribution is 6.35. The van der Waals surface area contributed by atoms with E-state index < -0.39 is 0 Å². The first-order valence-corrected chi connectivity index (χ1v) is 8.45. The van der Waals surface area contributed by atoms with Crippen LogP contribution >= 0.6 is 23.2 Å². The Morgan fingerprint density at radius 1 is 1.12 bits per heavy atom. The van der Waals surface area contributed by atoms with Crippen LogP contribution in [-0.2, 0) is 11.3 Å². The lowest BCUT2D eigenvalue weighted by molar-refractivity contribution is -0.885. The zero-order valence-corrected chi connectivity index (χ0v) is 15.9. The molecule has 0 aromatic heterocycles. The zero-order valence-electron chi connectivity index (χ0n) is 14.4. The number of rotatable bonds is 7. The maximum absolute atomic E-state index is 12.2. The number of amides is 1. The summed E-state index contributed by atoms with van der Waals surface area (Å²) >= 11 is 12.0. The number of methoxy groups -OCH3 is 2. The summed E-state index contributed by atoms with van der Waals surface area (Å²) in [6.07, 6.45) is 0. The van der Waals surface area contributed by atoms with Gasteiger partial charge in [0.15, 0.2) is 6.54 Å². The number of halogens is 2. The molecule has 0 radical (unpaired) electrons. The van der Waals surface area contributed by atoms with Crippen molar-refractivity contribution in [3.8, 4) is 11.5 Å². The van der Waals surface area contributed by atoms with Crippen LogP contribution in [0.2, 0.25) is 10.0 Å². The van der Waals surface area contributed by atoms with Crippen LogP contribution in [-0.4, -0.2) is 33.7 Å². The van der Waals surface area contributed by atoms with E-state index in [1.54, 1.807) is 32.4 Å². The molecule has 0 saturated heterocycles. The predicted molar refractivity (Wildman–Crippen MR) is 100 cm³/mol. The van der Waals surface area contributed by atoms with Crippen molar-refractivity contribution in [3.05, 3.63) is 52.0 Å². The van der Waals surface area contributed by atoms with Crippen molar-refractivity contribution >= 4 is 34.8 Å². The summed E-state index contributed by atoms with van der Waals surface area (Å²) in [6.45, 7) is 0.905. The average Bonchev–Trinajstić information content (AvgIpc) is 2.58. The quantitative estimate of drug-likeness (QED) is 0.772. The van der Waals surface area contributed by atoms with Gasteiger partial charge in [-0.1, -0.05) is 23.2 Å². The van der Waals surface area contributed by atoms with Crippen LogP contribution in [0.4, 0.5) is 5.69 Å². The molecule has 0 aliphatic rings. The predicted octanol–water partition coefficient (Wildman–Crippen LogP) is 2.66. The second-order valence-electron chi connectivity index (χ2n) is 5.66. The van der Waals surface area contributed by atoms with Crippen LogP contribution in [0.15, 0.2) is 36.4 Å². The third-order valence-corrected chi connectivity index (χ3v) is 4.22. The van der Waals surface area contributed by atoms with Crippen molar-refractivity contribution in [3.63, 3.8) is 0 Å². The molecule has 0 aliphatic heterocycles. The Balaban J connectivity index is 1.99. The van der Waals surface area contributed by atoms with Gasteiger partial charge >= 0.3 is 0 Å². The number of hydrogen-bond donors (Lipinski definition) is 2. The van der Waals surface area contributed by atoms with Crippen LogP contribution in [0.3, 0.4) is 0 Å². The molecule has 0 bridgehead atoms. The number of carbonyl (C=O) groups is 1. The molecule has 0 aliphatic carbocycles. The van der Waals surface area contributed by atoms with E-state index in [1.807, 2.05) is 25.2 Å². The molecule has 1 amide bonds. The Kier molecular flexibility index (Phi) is 6.93. The van der Waals surface area contributed by atoms with Crippen molar-refractivity contribution < 1.29 is 19.2 Å². The highest BCUT2D eigenvalue weighted by Crippen LogP contribution is 2.25.